The van der Waals surface area contributed by atoms with Gasteiger partial charge in [-0.05, 0) is 19.8 Å². The number of nitriles is 1. The minimum Gasteiger partial charge on any atom is -0.298 e. The third-order valence-corrected chi connectivity index (χ3v) is 3.98. The van der Waals surface area contributed by atoms with E-state index in [-0.39, 0.29) is 5.78 Å². The summed E-state index contributed by atoms with van der Waals surface area (Å²) in [5, 5.41) is 14.0. The number of ketones is 1. The van der Waals surface area contributed by atoms with Crippen LogP contribution in [-0.2, 0) is 18.3 Å². The minimum absolute atomic E-state index is 0.0410. The predicted molar refractivity (Wildman–Crippen MR) is 63.6 cm³/mol. The third kappa shape index (κ3) is 1.85. The van der Waals surface area contributed by atoms with Crippen LogP contribution in [0.3, 0.4) is 0 Å². The van der Waals surface area contributed by atoms with Gasteiger partial charge in [0.25, 0.3) is 0 Å². The van der Waals surface area contributed by atoms with E-state index in [4.69, 9.17) is 11.6 Å². The predicted octanol–water partition coefficient (Wildman–Crippen LogP) is 2.19. The summed E-state index contributed by atoms with van der Waals surface area (Å²) in [4.78, 5) is 11.9. The lowest BCUT2D eigenvalue weighted by atomic mass is 9.81. The standard InChI is InChI=1S/C12H14ClN3O/c1-8-9(11(13)16(2)15-8)6-12(7-14)5-3-4-10(12)17/h3-6H2,1-2H3. The summed E-state index contributed by atoms with van der Waals surface area (Å²) in [6, 6.07) is 2.19. The molecule has 0 N–H and O–H groups in total. The first kappa shape index (κ1) is 12.1. The van der Waals surface area contributed by atoms with Gasteiger partial charge in [-0.25, -0.2) is 0 Å². The van der Waals surface area contributed by atoms with Gasteiger partial charge >= 0.3 is 0 Å². The monoisotopic (exact) mass is 251 g/mol. The average Bonchev–Trinajstić information content (AvgIpc) is 2.76. The molecule has 1 aliphatic carbocycles. The summed E-state index contributed by atoms with van der Waals surface area (Å²) >= 11 is 6.14. The summed E-state index contributed by atoms with van der Waals surface area (Å²) in [5.41, 5.74) is 0.745. The molecule has 1 aromatic rings. The molecule has 5 heteroatoms. The van der Waals surface area contributed by atoms with Crippen LogP contribution in [0.15, 0.2) is 0 Å². The molecule has 1 heterocycles. The molecule has 0 aliphatic heterocycles. The Morgan fingerprint density at radius 2 is 2.35 bits per heavy atom. The highest BCUT2D eigenvalue weighted by Crippen LogP contribution is 2.39. The van der Waals surface area contributed by atoms with Crippen LogP contribution < -0.4 is 0 Å². The van der Waals surface area contributed by atoms with Crippen LogP contribution in [0.4, 0.5) is 0 Å². The average molecular weight is 252 g/mol. The van der Waals surface area contributed by atoms with Gasteiger partial charge in [-0.1, -0.05) is 11.6 Å². The molecule has 1 aromatic heterocycles. The third-order valence-electron chi connectivity index (χ3n) is 3.50. The Hall–Kier alpha value is -1.34. The van der Waals surface area contributed by atoms with Crippen LogP contribution in [0.25, 0.3) is 0 Å². The zero-order valence-corrected chi connectivity index (χ0v) is 10.7. The van der Waals surface area contributed by atoms with Crippen LogP contribution in [-0.4, -0.2) is 15.6 Å². The second-order valence-electron chi connectivity index (χ2n) is 4.63. The van der Waals surface area contributed by atoms with Crippen LogP contribution in [0.2, 0.25) is 5.15 Å². The van der Waals surface area contributed by atoms with Crippen molar-refractivity contribution in [3.63, 3.8) is 0 Å². The fourth-order valence-electron chi connectivity index (χ4n) is 2.45. The highest BCUT2D eigenvalue weighted by molar-refractivity contribution is 6.30. The van der Waals surface area contributed by atoms with Crippen molar-refractivity contribution in [2.24, 2.45) is 12.5 Å². The molecule has 0 radical (unpaired) electrons. The van der Waals surface area contributed by atoms with E-state index in [1.807, 2.05) is 6.92 Å². The van der Waals surface area contributed by atoms with E-state index in [1.165, 1.54) is 0 Å². The van der Waals surface area contributed by atoms with Crippen molar-refractivity contribution in [3.8, 4) is 6.07 Å². The Bertz CT molecular complexity index is 515. The highest BCUT2D eigenvalue weighted by atomic mass is 35.5. The van der Waals surface area contributed by atoms with Gasteiger partial charge in [0.1, 0.15) is 10.6 Å². The van der Waals surface area contributed by atoms with Gasteiger partial charge in [0.15, 0.2) is 5.78 Å². The molecule has 1 saturated carbocycles. The van der Waals surface area contributed by atoms with Gasteiger partial charge in [-0.3, -0.25) is 9.48 Å². The van der Waals surface area contributed by atoms with Gasteiger partial charge < -0.3 is 0 Å². The van der Waals surface area contributed by atoms with E-state index < -0.39 is 5.41 Å². The molecule has 0 spiro atoms. The van der Waals surface area contributed by atoms with E-state index >= 15 is 0 Å². The lowest BCUT2D eigenvalue weighted by molar-refractivity contribution is -0.123. The Morgan fingerprint density at radius 3 is 2.76 bits per heavy atom. The Labute approximate surface area is 105 Å². The Morgan fingerprint density at radius 1 is 1.65 bits per heavy atom. The number of aromatic nitrogens is 2. The van der Waals surface area contributed by atoms with E-state index in [9.17, 15) is 10.1 Å². The van der Waals surface area contributed by atoms with E-state index in [0.29, 0.717) is 24.4 Å². The number of Topliss-reactive ketones (excluding diaryl/α,β-unsaturated/α-hetero) is 1. The molecule has 17 heavy (non-hydrogen) atoms. The molecule has 1 unspecified atom stereocenters. The number of halogens is 1. The first-order chi connectivity index (χ1) is 8.00. The van der Waals surface area contributed by atoms with Gasteiger partial charge in [0.2, 0.25) is 0 Å². The number of carbonyl (C=O) groups excluding carboxylic acids is 1. The van der Waals surface area contributed by atoms with Gasteiger partial charge in [0.05, 0.1) is 11.8 Å². The fourth-order valence-corrected chi connectivity index (χ4v) is 2.69. The lowest BCUT2D eigenvalue weighted by Crippen LogP contribution is -2.26. The van der Waals surface area contributed by atoms with E-state index in [2.05, 4.69) is 11.2 Å². The number of aryl methyl sites for hydroxylation is 2. The molecule has 1 fully saturated rings. The second kappa shape index (κ2) is 4.15. The number of hydrogen-bond acceptors (Lipinski definition) is 3. The van der Waals surface area contributed by atoms with Crippen LogP contribution in [0.1, 0.15) is 30.5 Å². The lowest BCUT2D eigenvalue weighted by Gasteiger charge is -2.18. The SMILES string of the molecule is Cc1nn(C)c(Cl)c1CC1(C#N)CCCC1=O. The Balaban J connectivity index is 2.38. The van der Waals surface area contributed by atoms with Gasteiger partial charge in [-0.15, -0.1) is 0 Å². The largest absolute Gasteiger partial charge is 0.298 e. The van der Waals surface area contributed by atoms with Crippen molar-refractivity contribution in [1.29, 1.82) is 5.26 Å². The van der Waals surface area contributed by atoms with Gasteiger partial charge in [0, 0.05) is 25.5 Å². The molecule has 2 rings (SSSR count). The first-order valence-corrected chi connectivity index (χ1v) is 6.00. The summed E-state index contributed by atoms with van der Waals surface area (Å²) in [6.07, 6.45) is 2.32. The molecule has 0 bridgehead atoms. The van der Waals surface area contributed by atoms with Crippen molar-refractivity contribution in [2.75, 3.05) is 0 Å². The van der Waals surface area contributed by atoms with Crippen LogP contribution in [0.5, 0.6) is 0 Å². The Kier molecular flexibility index (Phi) is 2.96. The zero-order chi connectivity index (χ0) is 12.6. The maximum atomic E-state index is 11.9. The summed E-state index contributed by atoms with van der Waals surface area (Å²) in [7, 11) is 1.76. The zero-order valence-electron chi connectivity index (χ0n) is 9.96. The summed E-state index contributed by atoms with van der Waals surface area (Å²) in [6.45, 7) is 1.85. The van der Waals surface area contributed by atoms with E-state index in [0.717, 1.165) is 17.7 Å². The summed E-state index contributed by atoms with van der Waals surface area (Å²) in [5.74, 6) is 0.0410. The molecule has 0 amide bonds. The maximum absolute atomic E-state index is 11.9. The fraction of sp³-hybridized carbons (Fsp3) is 0.583. The van der Waals surface area contributed by atoms with Crippen molar-refractivity contribution in [3.05, 3.63) is 16.4 Å². The number of nitrogens with zero attached hydrogens (tertiary/aromatic N) is 3. The quantitative estimate of drug-likeness (QED) is 0.810. The molecule has 4 nitrogen and oxygen atoms in total. The molecule has 90 valence electrons. The maximum Gasteiger partial charge on any atom is 0.153 e. The number of hydrogen-bond donors (Lipinski definition) is 0. The normalized spacial score (nSPS) is 24.0. The van der Waals surface area contributed by atoms with Gasteiger partial charge in [-0.2, -0.15) is 10.4 Å². The summed E-state index contributed by atoms with van der Waals surface area (Å²) < 4.78 is 1.58. The minimum atomic E-state index is -0.878. The first-order valence-electron chi connectivity index (χ1n) is 5.63. The topological polar surface area (TPSA) is 58.7 Å². The van der Waals surface area contributed by atoms with E-state index in [1.54, 1.807) is 11.7 Å². The van der Waals surface area contributed by atoms with Crippen LogP contribution in [0, 0.1) is 23.7 Å². The molecular formula is C12H14ClN3O. The van der Waals surface area contributed by atoms with Crippen molar-refractivity contribution >= 4 is 17.4 Å². The molecule has 0 saturated heterocycles. The second-order valence-corrected chi connectivity index (χ2v) is 4.98. The molecule has 1 atom stereocenters. The van der Waals surface area contributed by atoms with Crippen molar-refractivity contribution in [2.45, 2.75) is 32.6 Å². The van der Waals surface area contributed by atoms with Crippen molar-refractivity contribution < 1.29 is 4.79 Å². The highest BCUT2D eigenvalue weighted by Gasteiger charge is 2.43. The van der Waals surface area contributed by atoms with Crippen LogP contribution >= 0.6 is 11.6 Å². The molecule has 0 aromatic carbocycles. The number of carbonyl (C=O) groups is 1. The smallest absolute Gasteiger partial charge is 0.153 e. The molecule has 1 aliphatic rings. The molecular weight excluding hydrogens is 238 g/mol. The van der Waals surface area contributed by atoms with Crippen molar-refractivity contribution in [1.82, 2.24) is 9.78 Å². The number of rotatable bonds is 2.